The van der Waals surface area contributed by atoms with E-state index in [0.29, 0.717) is 40.7 Å². The molecule has 0 spiro atoms. The van der Waals surface area contributed by atoms with Crippen molar-refractivity contribution >= 4 is 23.5 Å². The van der Waals surface area contributed by atoms with Gasteiger partial charge < -0.3 is 19.5 Å². The molecule has 0 aliphatic rings. The van der Waals surface area contributed by atoms with Gasteiger partial charge in [-0.25, -0.2) is 0 Å². The van der Waals surface area contributed by atoms with E-state index < -0.39 is 5.97 Å². The molecule has 0 atom stereocenters. The predicted octanol–water partition coefficient (Wildman–Crippen LogP) is 5.26. The fourth-order valence-corrected chi connectivity index (χ4v) is 3.92. The summed E-state index contributed by atoms with van der Waals surface area (Å²) in [5.41, 5.74) is 3.13. The van der Waals surface area contributed by atoms with Crippen LogP contribution in [-0.4, -0.2) is 42.6 Å². The number of nitrogens with zero attached hydrogens (tertiary/aromatic N) is 1. The standard InChI is InChI=1S/C27H28ClNO5/c1-33-23-15-22(16-24(17-23)34-2)27(32)29(13-5-7-21-6-3-4-8-25(21)28)18-20-11-9-19(10-12-20)14-26(30)31/h3-4,6,8-12,15-17H,5,7,13-14,18H2,1-2H3,(H,30,31). The molecule has 178 valence electrons. The smallest absolute Gasteiger partial charge is 0.307 e. The first-order valence-electron chi connectivity index (χ1n) is 10.9. The third-order valence-electron chi connectivity index (χ3n) is 5.47. The van der Waals surface area contributed by atoms with Gasteiger partial charge in [0.2, 0.25) is 0 Å². The summed E-state index contributed by atoms with van der Waals surface area (Å²) in [4.78, 5) is 26.3. The van der Waals surface area contributed by atoms with Crippen LogP contribution in [0.2, 0.25) is 5.02 Å². The number of methoxy groups -OCH3 is 2. The maximum Gasteiger partial charge on any atom is 0.307 e. The molecule has 1 N–H and O–H groups in total. The lowest BCUT2D eigenvalue weighted by molar-refractivity contribution is -0.136. The molecule has 0 unspecified atom stereocenters. The van der Waals surface area contributed by atoms with Crippen molar-refractivity contribution in [2.75, 3.05) is 20.8 Å². The summed E-state index contributed by atoms with van der Waals surface area (Å²) in [7, 11) is 3.09. The number of ether oxygens (including phenoxy) is 2. The molecule has 3 aromatic carbocycles. The Bertz CT molecular complexity index is 1110. The number of carboxylic acid groups (broad SMARTS) is 1. The lowest BCUT2D eigenvalue weighted by Gasteiger charge is -2.24. The SMILES string of the molecule is COc1cc(OC)cc(C(=O)N(CCCc2ccccc2Cl)Cc2ccc(CC(=O)O)cc2)c1. The van der Waals surface area contributed by atoms with Crippen molar-refractivity contribution in [2.45, 2.75) is 25.8 Å². The first-order valence-corrected chi connectivity index (χ1v) is 11.3. The molecule has 0 bridgehead atoms. The molecule has 6 nitrogen and oxygen atoms in total. The Morgan fingerprint density at radius 1 is 0.912 bits per heavy atom. The number of hydrogen-bond acceptors (Lipinski definition) is 4. The average molecular weight is 482 g/mol. The number of carboxylic acids is 1. The van der Waals surface area contributed by atoms with Crippen molar-refractivity contribution in [3.05, 3.63) is 94.0 Å². The Morgan fingerprint density at radius 2 is 1.53 bits per heavy atom. The molecular formula is C27H28ClNO5. The highest BCUT2D eigenvalue weighted by atomic mass is 35.5. The van der Waals surface area contributed by atoms with Crippen molar-refractivity contribution in [3.63, 3.8) is 0 Å². The number of benzene rings is 3. The summed E-state index contributed by atoms with van der Waals surface area (Å²) in [6.07, 6.45) is 1.43. The molecular weight excluding hydrogens is 454 g/mol. The zero-order valence-corrected chi connectivity index (χ0v) is 20.0. The van der Waals surface area contributed by atoms with E-state index in [1.54, 1.807) is 49.5 Å². The molecule has 7 heteroatoms. The lowest BCUT2D eigenvalue weighted by Crippen LogP contribution is -2.32. The maximum atomic E-state index is 13.5. The molecule has 0 fully saturated rings. The third kappa shape index (κ3) is 6.99. The number of aryl methyl sites for hydroxylation is 1. The zero-order valence-electron chi connectivity index (χ0n) is 19.3. The van der Waals surface area contributed by atoms with Gasteiger partial charge in [-0.1, -0.05) is 54.1 Å². The topological polar surface area (TPSA) is 76.1 Å². The van der Waals surface area contributed by atoms with Crippen LogP contribution in [0.1, 0.15) is 33.5 Å². The Morgan fingerprint density at radius 3 is 2.12 bits per heavy atom. The minimum atomic E-state index is -0.879. The minimum Gasteiger partial charge on any atom is -0.497 e. The third-order valence-corrected chi connectivity index (χ3v) is 5.84. The summed E-state index contributed by atoms with van der Waals surface area (Å²) in [6, 6.07) is 20.1. The van der Waals surface area contributed by atoms with Crippen molar-refractivity contribution < 1.29 is 24.2 Å². The van der Waals surface area contributed by atoms with Gasteiger partial charge in [0, 0.05) is 29.7 Å². The Labute approximate surface area is 204 Å². The van der Waals surface area contributed by atoms with E-state index in [0.717, 1.165) is 24.0 Å². The molecule has 0 saturated carbocycles. The first-order chi connectivity index (χ1) is 16.4. The van der Waals surface area contributed by atoms with E-state index in [-0.39, 0.29) is 12.3 Å². The lowest BCUT2D eigenvalue weighted by atomic mass is 10.1. The first kappa shape index (κ1) is 25.1. The number of rotatable bonds is 11. The van der Waals surface area contributed by atoms with Crippen molar-refractivity contribution in [1.29, 1.82) is 0 Å². The normalized spacial score (nSPS) is 10.6. The van der Waals surface area contributed by atoms with Gasteiger partial charge in [-0.15, -0.1) is 0 Å². The number of carbonyl (C=O) groups excluding carboxylic acids is 1. The van der Waals surface area contributed by atoms with Gasteiger partial charge in [0.15, 0.2) is 0 Å². The number of halogens is 1. The molecule has 1 amide bonds. The molecule has 0 saturated heterocycles. The Kier molecular flexibility index (Phi) is 8.93. The summed E-state index contributed by atoms with van der Waals surface area (Å²) >= 11 is 6.30. The van der Waals surface area contributed by atoms with Crippen LogP contribution in [0.4, 0.5) is 0 Å². The van der Waals surface area contributed by atoms with Gasteiger partial charge >= 0.3 is 5.97 Å². The van der Waals surface area contributed by atoms with E-state index in [1.165, 1.54) is 0 Å². The largest absolute Gasteiger partial charge is 0.497 e. The van der Waals surface area contributed by atoms with E-state index in [9.17, 15) is 9.59 Å². The van der Waals surface area contributed by atoms with Crippen LogP contribution < -0.4 is 9.47 Å². The van der Waals surface area contributed by atoms with E-state index in [2.05, 4.69) is 0 Å². The van der Waals surface area contributed by atoms with Gasteiger partial charge in [-0.05, 0) is 47.7 Å². The van der Waals surface area contributed by atoms with Crippen LogP contribution >= 0.6 is 11.6 Å². The van der Waals surface area contributed by atoms with Gasteiger partial charge in [-0.3, -0.25) is 9.59 Å². The fraction of sp³-hybridized carbons (Fsp3) is 0.259. The van der Waals surface area contributed by atoms with Crippen molar-refractivity contribution in [3.8, 4) is 11.5 Å². The highest BCUT2D eigenvalue weighted by Crippen LogP contribution is 2.24. The summed E-state index contributed by atoms with van der Waals surface area (Å²) < 4.78 is 10.7. The van der Waals surface area contributed by atoms with Crippen molar-refractivity contribution in [2.24, 2.45) is 0 Å². The molecule has 0 aromatic heterocycles. The van der Waals surface area contributed by atoms with Gasteiger partial charge in [0.05, 0.1) is 20.6 Å². The van der Waals surface area contributed by atoms with Crippen LogP contribution in [0.15, 0.2) is 66.7 Å². The maximum absolute atomic E-state index is 13.5. The van der Waals surface area contributed by atoms with Crippen LogP contribution in [0.3, 0.4) is 0 Å². The zero-order chi connectivity index (χ0) is 24.5. The molecule has 3 aromatic rings. The van der Waals surface area contributed by atoms with Crippen LogP contribution in [0.25, 0.3) is 0 Å². The van der Waals surface area contributed by atoms with Gasteiger partial charge in [0.1, 0.15) is 11.5 Å². The number of aliphatic carboxylic acids is 1. The molecule has 0 aliphatic carbocycles. The minimum absolute atomic E-state index is 0.0373. The van der Waals surface area contributed by atoms with Crippen LogP contribution in [0.5, 0.6) is 11.5 Å². The molecule has 34 heavy (non-hydrogen) atoms. The van der Waals surface area contributed by atoms with Crippen LogP contribution in [-0.2, 0) is 24.2 Å². The number of amides is 1. The second-order valence-electron chi connectivity index (χ2n) is 7.91. The van der Waals surface area contributed by atoms with Crippen molar-refractivity contribution in [1.82, 2.24) is 4.90 Å². The monoisotopic (exact) mass is 481 g/mol. The quantitative estimate of drug-likeness (QED) is 0.404. The Hall–Kier alpha value is -3.51. The van der Waals surface area contributed by atoms with Gasteiger partial charge in [0.25, 0.3) is 5.91 Å². The summed E-state index contributed by atoms with van der Waals surface area (Å²) in [6.45, 7) is 0.898. The molecule has 0 radical (unpaired) electrons. The highest BCUT2D eigenvalue weighted by molar-refractivity contribution is 6.31. The molecule has 0 aliphatic heterocycles. The van der Waals surface area contributed by atoms with Gasteiger partial charge in [-0.2, -0.15) is 0 Å². The van der Waals surface area contributed by atoms with Crippen LogP contribution in [0, 0.1) is 0 Å². The second kappa shape index (κ2) is 12.1. The molecule has 3 rings (SSSR count). The Balaban J connectivity index is 1.81. The predicted molar refractivity (Wildman–Crippen MR) is 132 cm³/mol. The number of carbonyl (C=O) groups is 2. The van der Waals surface area contributed by atoms with E-state index >= 15 is 0 Å². The molecule has 0 heterocycles. The average Bonchev–Trinajstić information content (AvgIpc) is 2.84. The highest BCUT2D eigenvalue weighted by Gasteiger charge is 2.18. The summed E-state index contributed by atoms with van der Waals surface area (Å²) in [5.74, 6) is 0.0514. The summed E-state index contributed by atoms with van der Waals surface area (Å²) in [5, 5.41) is 9.71. The second-order valence-corrected chi connectivity index (χ2v) is 8.32. The van der Waals surface area contributed by atoms with E-state index in [4.69, 9.17) is 26.2 Å². The fourth-order valence-electron chi connectivity index (χ4n) is 3.68. The number of hydrogen-bond donors (Lipinski definition) is 1. The van der Waals surface area contributed by atoms with E-state index in [1.807, 2.05) is 36.4 Å².